The topological polar surface area (TPSA) is 78.4 Å². The molecule has 1 atom stereocenters. The zero-order chi connectivity index (χ0) is 12.0. The number of nitrogens with one attached hydrogen (secondary N) is 2. The molecule has 0 fully saturated rings. The number of carboxylic acids is 1. The molecular weight excluding hydrogens is 208 g/mol. The summed E-state index contributed by atoms with van der Waals surface area (Å²) in [6, 6.07) is 8.15. The van der Waals surface area contributed by atoms with Gasteiger partial charge in [-0.3, -0.25) is 4.79 Å². The molecule has 0 bridgehead atoms. The first-order valence-electron chi connectivity index (χ1n) is 4.92. The maximum atomic E-state index is 11.4. The molecule has 16 heavy (non-hydrogen) atoms. The Morgan fingerprint density at radius 2 is 1.94 bits per heavy atom. The molecule has 0 aliphatic rings. The van der Waals surface area contributed by atoms with Gasteiger partial charge in [-0.2, -0.15) is 0 Å². The number of carboxylic acid groups (broad SMARTS) is 1. The second-order valence-electron chi connectivity index (χ2n) is 3.46. The van der Waals surface area contributed by atoms with Gasteiger partial charge in [0, 0.05) is 11.7 Å². The standard InChI is InChI=1S/C11H14N2O3/c1-8(7-10(14)15)12-11(16)13-9-5-3-2-4-6-9/h2-6,8H,7H2,1H3,(H,14,15)(H2,12,13,16). The van der Waals surface area contributed by atoms with Crippen LogP contribution in [-0.4, -0.2) is 23.1 Å². The SMILES string of the molecule is CC(CC(=O)O)NC(=O)Nc1ccccc1. The number of urea groups is 1. The average molecular weight is 222 g/mol. The van der Waals surface area contributed by atoms with Crippen LogP contribution in [0.2, 0.25) is 0 Å². The number of hydrogen-bond acceptors (Lipinski definition) is 2. The zero-order valence-corrected chi connectivity index (χ0v) is 8.93. The lowest BCUT2D eigenvalue weighted by molar-refractivity contribution is -0.137. The van der Waals surface area contributed by atoms with Crippen molar-refractivity contribution in [3.63, 3.8) is 0 Å². The third-order valence-corrected chi connectivity index (χ3v) is 1.89. The van der Waals surface area contributed by atoms with Crippen molar-refractivity contribution >= 4 is 17.7 Å². The molecule has 0 saturated heterocycles. The van der Waals surface area contributed by atoms with Crippen molar-refractivity contribution in [3.8, 4) is 0 Å². The Labute approximate surface area is 93.5 Å². The highest BCUT2D eigenvalue weighted by Gasteiger charge is 2.10. The molecule has 1 unspecified atom stereocenters. The zero-order valence-electron chi connectivity index (χ0n) is 8.93. The number of aliphatic carboxylic acids is 1. The highest BCUT2D eigenvalue weighted by atomic mass is 16.4. The molecular formula is C11H14N2O3. The predicted molar refractivity (Wildman–Crippen MR) is 60.3 cm³/mol. The summed E-state index contributed by atoms with van der Waals surface area (Å²) in [5.41, 5.74) is 0.669. The largest absolute Gasteiger partial charge is 0.481 e. The second kappa shape index (κ2) is 5.75. The van der Waals surface area contributed by atoms with E-state index in [1.807, 2.05) is 6.07 Å². The van der Waals surface area contributed by atoms with E-state index in [0.29, 0.717) is 5.69 Å². The Morgan fingerprint density at radius 3 is 2.50 bits per heavy atom. The molecule has 5 heteroatoms. The first-order chi connectivity index (χ1) is 7.58. The number of para-hydroxylation sites is 1. The fourth-order valence-electron chi connectivity index (χ4n) is 1.23. The molecule has 0 aliphatic heterocycles. The Balaban J connectivity index is 2.39. The van der Waals surface area contributed by atoms with Crippen molar-refractivity contribution in [3.05, 3.63) is 30.3 Å². The van der Waals surface area contributed by atoms with Crippen LogP contribution in [0.25, 0.3) is 0 Å². The van der Waals surface area contributed by atoms with Crippen LogP contribution in [0.4, 0.5) is 10.5 Å². The third kappa shape index (κ3) is 4.45. The number of amides is 2. The van der Waals surface area contributed by atoms with E-state index in [9.17, 15) is 9.59 Å². The summed E-state index contributed by atoms with van der Waals surface area (Å²) in [6.45, 7) is 1.64. The molecule has 0 spiro atoms. The van der Waals surface area contributed by atoms with Gasteiger partial charge in [0.2, 0.25) is 0 Å². The van der Waals surface area contributed by atoms with Gasteiger partial charge in [-0.1, -0.05) is 18.2 Å². The summed E-state index contributed by atoms with van der Waals surface area (Å²) in [5, 5.41) is 13.6. The lowest BCUT2D eigenvalue weighted by Crippen LogP contribution is -2.37. The summed E-state index contributed by atoms with van der Waals surface area (Å²) in [7, 11) is 0. The van der Waals surface area contributed by atoms with E-state index in [4.69, 9.17) is 5.11 Å². The van der Waals surface area contributed by atoms with Crippen LogP contribution in [-0.2, 0) is 4.79 Å². The van der Waals surface area contributed by atoms with Crippen molar-refractivity contribution in [1.29, 1.82) is 0 Å². The normalized spacial score (nSPS) is 11.6. The van der Waals surface area contributed by atoms with E-state index in [2.05, 4.69) is 10.6 Å². The molecule has 86 valence electrons. The Bertz CT molecular complexity index is 365. The summed E-state index contributed by atoms with van der Waals surface area (Å²) >= 11 is 0. The van der Waals surface area contributed by atoms with Crippen molar-refractivity contribution in [2.24, 2.45) is 0 Å². The van der Waals surface area contributed by atoms with Crippen LogP contribution in [0.15, 0.2) is 30.3 Å². The number of carbonyl (C=O) groups is 2. The molecule has 3 N–H and O–H groups in total. The maximum absolute atomic E-state index is 11.4. The van der Waals surface area contributed by atoms with E-state index in [1.54, 1.807) is 31.2 Å². The van der Waals surface area contributed by atoms with Gasteiger partial charge in [0.05, 0.1) is 6.42 Å². The monoisotopic (exact) mass is 222 g/mol. The first-order valence-corrected chi connectivity index (χ1v) is 4.92. The number of benzene rings is 1. The number of hydrogen-bond donors (Lipinski definition) is 3. The van der Waals surface area contributed by atoms with Crippen molar-refractivity contribution in [1.82, 2.24) is 5.32 Å². The lowest BCUT2D eigenvalue weighted by atomic mass is 10.2. The highest BCUT2D eigenvalue weighted by molar-refractivity contribution is 5.89. The Hall–Kier alpha value is -2.04. The van der Waals surface area contributed by atoms with Crippen LogP contribution < -0.4 is 10.6 Å². The molecule has 1 rings (SSSR count). The molecule has 0 aromatic heterocycles. The summed E-state index contributed by atoms with van der Waals surface area (Å²) in [6.07, 6.45) is -0.0950. The van der Waals surface area contributed by atoms with E-state index >= 15 is 0 Å². The summed E-state index contributed by atoms with van der Waals surface area (Å²) < 4.78 is 0. The minimum absolute atomic E-state index is 0.0950. The number of rotatable bonds is 4. The van der Waals surface area contributed by atoms with Crippen LogP contribution in [0.1, 0.15) is 13.3 Å². The minimum atomic E-state index is -0.937. The molecule has 0 radical (unpaired) electrons. The van der Waals surface area contributed by atoms with Gasteiger partial charge >= 0.3 is 12.0 Å². The molecule has 0 aliphatic carbocycles. The van der Waals surface area contributed by atoms with Crippen LogP contribution in [0.5, 0.6) is 0 Å². The maximum Gasteiger partial charge on any atom is 0.319 e. The molecule has 1 aromatic rings. The van der Waals surface area contributed by atoms with Crippen LogP contribution in [0, 0.1) is 0 Å². The molecule has 2 amide bonds. The summed E-state index contributed by atoms with van der Waals surface area (Å²) in [4.78, 5) is 21.8. The third-order valence-electron chi connectivity index (χ3n) is 1.89. The number of carbonyl (C=O) groups excluding carboxylic acids is 1. The van der Waals surface area contributed by atoms with Gasteiger partial charge in [0.1, 0.15) is 0 Å². The second-order valence-corrected chi connectivity index (χ2v) is 3.46. The van der Waals surface area contributed by atoms with Crippen molar-refractivity contribution < 1.29 is 14.7 Å². The van der Waals surface area contributed by atoms with E-state index in [1.165, 1.54) is 0 Å². The van der Waals surface area contributed by atoms with Crippen molar-refractivity contribution in [2.45, 2.75) is 19.4 Å². The average Bonchev–Trinajstić information content (AvgIpc) is 2.17. The first kappa shape index (κ1) is 12.0. The summed E-state index contributed by atoms with van der Waals surface area (Å²) in [5.74, 6) is -0.937. The van der Waals surface area contributed by atoms with Gasteiger partial charge in [-0.05, 0) is 19.1 Å². The van der Waals surface area contributed by atoms with Crippen LogP contribution in [0.3, 0.4) is 0 Å². The van der Waals surface area contributed by atoms with E-state index in [-0.39, 0.29) is 6.42 Å². The van der Waals surface area contributed by atoms with Crippen LogP contribution >= 0.6 is 0 Å². The van der Waals surface area contributed by atoms with Gasteiger partial charge in [-0.15, -0.1) is 0 Å². The fraction of sp³-hybridized carbons (Fsp3) is 0.273. The molecule has 0 saturated carbocycles. The minimum Gasteiger partial charge on any atom is -0.481 e. The molecule has 0 heterocycles. The quantitative estimate of drug-likeness (QED) is 0.725. The Morgan fingerprint density at radius 1 is 1.31 bits per heavy atom. The Kier molecular flexibility index (Phi) is 4.32. The smallest absolute Gasteiger partial charge is 0.319 e. The predicted octanol–water partition coefficient (Wildman–Crippen LogP) is 1.67. The fourth-order valence-corrected chi connectivity index (χ4v) is 1.23. The van der Waals surface area contributed by atoms with Gasteiger partial charge in [0.15, 0.2) is 0 Å². The van der Waals surface area contributed by atoms with Gasteiger partial charge in [-0.25, -0.2) is 4.79 Å². The van der Waals surface area contributed by atoms with E-state index < -0.39 is 18.0 Å². The lowest BCUT2D eigenvalue weighted by Gasteiger charge is -2.12. The van der Waals surface area contributed by atoms with Gasteiger partial charge < -0.3 is 15.7 Å². The van der Waals surface area contributed by atoms with E-state index in [0.717, 1.165) is 0 Å². The number of anilines is 1. The molecule has 5 nitrogen and oxygen atoms in total. The highest BCUT2D eigenvalue weighted by Crippen LogP contribution is 2.04. The van der Waals surface area contributed by atoms with Crippen molar-refractivity contribution in [2.75, 3.05) is 5.32 Å². The molecule has 1 aromatic carbocycles. The van der Waals surface area contributed by atoms with Gasteiger partial charge in [0.25, 0.3) is 0 Å².